The third-order valence-electron chi connectivity index (χ3n) is 5.06. The number of hydrogen-bond donors (Lipinski definition) is 0. The molecule has 0 fully saturated rings. The number of carbonyl (C=O) groups excluding carboxylic acids is 1. The van der Waals surface area contributed by atoms with Crippen LogP contribution in [0, 0.1) is 12.8 Å². The van der Waals surface area contributed by atoms with Crippen molar-refractivity contribution in [2.75, 3.05) is 23.8 Å². The Morgan fingerprint density at radius 3 is 2.97 bits per heavy atom. The van der Waals surface area contributed by atoms with Gasteiger partial charge in [0.25, 0.3) is 5.56 Å². The number of benzene rings is 1. The molecule has 3 heterocycles. The van der Waals surface area contributed by atoms with Crippen molar-refractivity contribution in [3.8, 4) is 5.75 Å². The molecule has 0 N–H and O–H groups in total. The highest BCUT2D eigenvalue weighted by Crippen LogP contribution is 2.33. The minimum atomic E-state index is -0.0158. The van der Waals surface area contributed by atoms with Crippen LogP contribution in [-0.2, 0) is 11.3 Å². The quantitative estimate of drug-likeness (QED) is 0.419. The maximum absolute atomic E-state index is 13.1. The second-order valence-corrected chi connectivity index (χ2v) is 9.68. The van der Waals surface area contributed by atoms with Crippen molar-refractivity contribution >= 4 is 44.9 Å². The number of carbonyl (C=O) groups is 1. The molecule has 0 saturated carbocycles. The van der Waals surface area contributed by atoms with E-state index in [-0.39, 0.29) is 17.2 Å². The molecule has 0 saturated heterocycles. The van der Waals surface area contributed by atoms with E-state index < -0.39 is 0 Å². The molecule has 1 aromatic carbocycles. The van der Waals surface area contributed by atoms with Crippen LogP contribution in [0.1, 0.15) is 25.8 Å². The zero-order valence-electron chi connectivity index (χ0n) is 17.4. The van der Waals surface area contributed by atoms with E-state index in [1.54, 1.807) is 9.47 Å². The Balaban J connectivity index is 1.58. The smallest absolute Gasteiger partial charge is 0.272 e. The summed E-state index contributed by atoms with van der Waals surface area (Å²) in [6, 6.07) is 7.73. The summed E-state index contributed by atoms with van der Waals surface area (Å²) in [6.45, 7) is 7.87. The van der Waals surface area contributed by atoms with Crippen molar-refractivity contribution < 1.29 is 9.53 Å². The van der Waals surface area contributed by atoms with E-state index in [1.165, 1.54) is 23.1 Å². The lowest BCUT2D eigenvalue weighted by atomic mass is 10.1. The van der Waals surface area contributed by atoms with Gasteiger partial charge in [0.05, 0.1) is 23.5 Å². The SMILES string of the molecule is Cc1ccc2c(c1)N(C(=O)CSc1nc3ccsc3c(=O)n1CCC(C)C)CCO2. The maximum atomic E-state index is 13.1. The van der Waals surface area contributed by atoms with E-state index in [1.807, 2.05) is 36.6 Å². The van der Waals surface area contributed by atoms with E-state index in [9.17, 15) is 9.59 Å². The molecule has 0 unspecified atom stereocenters. The third-order valence-corrected chi connectivity index (χ3v) is 6.92. The largest absolute Gasteiger partial charge is 0.490 e. The van der Waals surface area contributed by atoms with Gasteiger partial charge in [-0.2, -0.15) is 0 Å². The van der Waals surface area contributed by atoms with Crippen LogP contribution in [0.3, 0.4) is 0 Å². The molecular weight excluding hydrogens is 418 g/mol. The van der Waals surface area contributed by atoms with Crippen LogP contribution in [-0.4, -0.2) is 34.4 Å². The average Bonchev–Trinajstić information content (AvgIpc) is 3.19. The Morgan fingerprint density at radius 1 is 1.33 bits per heavy atom. The zero-order chi connectivity index (χ0) is 21.3. The summed E-state index contributed by atoms with van der Waals surface area (Å²) in [7, 11) is 0. The number of aryl methyl sites for hydroxylation is 1. The monoisotopic (exact) mass is 443 g/mol. The molecule has 0 radical (unpaired) electrons. The highest BCUT2D eigenvalue weighted by molar-refractivity contribution is 7.99. The van der Waals surface area contributed by atoms with Gasteiger partial charge in [-0.15, -0.1) is 11.3 Å². The first kappa shape index (κ1) is 20.9. The maximum Gasteiger partial charge on any atom is 0.272 e. The summed E-state index contributed by atoms with van der Waals surface area (Å²) in [5.74, 6) is 1.42. The van der Waals surface area contributed by atoms with Crippen LogP contribution in [0.25, 0.3) is 10.2 Å². The van der Waals surface area contributed by atoms with Gasteiger partial charge in [0.15, 0.2) is 5.16 Å². The molecule has 1 aliphatic heterocycles. The predicted octanol–water partition coefficient (Wildman–Crippen LogP) is 4.33. The average molecular weight is 444 g/mol. The molecule has 1 amide bonds. The fourth-order valence-corrected chi connectivity index (χ4v) is 5.09. The number of thioether (sulfide) groups is 1. The van der Waals surface area contributed by atoms with Gasteiger partial charge >= 0.3 is 0 Å². The summed E-state index contributed by atoms with van der Waals surface area (Å²) < 4.78 is 8.10. The number of thiophene rings is 1. The second kappa shape index (κ2) is 8.81. The molecule has 2 aromatic heterocycles. The molecule has 158 valence electrons. The number of rotatable bonds is 6. The van der Waals surface area contributed by atoms with Crippen LogP contribution in [0.5, 0.6) is 5.75 Å². The van der Waals surface area contributed by atoms with Crippen LogP contribution in [0.15, 0.2) is 39.6 Å². The number of ether oxygens (including phenoxy) is 1. The van der Waals surface area contributed by atoms with Gasteiger partial charge in [-0.1, -0.05) is 31.7 Å². The van der Waals surface area contributed by atoms with E-state index in [4.69, 9.17) is 9.72 Å². The summed E-state index contributed by atoms with van der Waals surface area (Å²) >= 11 is 2.75. The Kier molecular flexibility index (Phi) is 6.15. The van der Waals surface area contributed by atoms with Gasteiger partial charge in [0, 0.05) is 6.54 Å². The molecule has 0 aliphatic carbocycles. The Bertz CT molecular complexity index is 1140. The van der Waals surface area contributed by atoms with Gasteiger partial charge in [-0.05, 0) is 48.4 Å². The van der Waals surface area contributed by atoms with E-state index >= 15 is 0 Å². The van der Waals surface area contributed by atoms with Gasteiger partial charge in [-0.25, -0.2) is 4.98 Å². The lowest BCUT2D eigenvalue weighted by molar-refractivity contribution is -0.116. The van der Waals surface area contributed by atoms with Crippen molar-refractivity contribution in [2.24, 2.45) is 5.92 Å². The van der Waals surface area contributed by atoms with Gasteiger partial charge < -0.3 is 9.64 Å². The number of anilines is 1. The first-order valence-electron chi connectivity index (χ1n) is 10.1. The molecule has 0 spiro atoms. The molecule has 6 nitrogen and oxygen atoms in total. The Labute approximate surface area is 183 Å². The highest BCUT2D eigenvalue weighted by Gasteiger charge is 2.24. The van der Waals surface area contributed by atoms with Crippen LogP contribution in [0.2, 0.25) is 0 Å². The fourth-order valence-electron chi connectivity index (χ4n) is 3.41. The van der Waals surface area contributed by atoms with Gasteiger partial charge in [0.1, 0.15) is 17.1 Å². The second-order valence-electron chi connectivity index (χ2n) is 7.82. The molecule has 0 bridgehead atoms. The number of fused-ring (bicyclic) bond motifs is 2. The lowest BCUT2D eigenvalue weighted by Crippen LogP contribution is -2.39. The molecule has 30 heavy (non-hydrogen) atoms. The standard InChI is InChI=1S/C22H25N3O3S2/c1-14(2)6-8-25-21(27)20-16(7-11-29-20)23-22(25)30-13-19(26)24-9-10-28-18-5-4-15(3)12-17(18)24/h4-5,7,11-12,14H,6,8-10,13H2,1-3H3. The van der Waals surface area contributed by atoms with Crippen molar-refractivity contribution in [2.45, 2.75) is 38.9 Å². The van der Waals surface area contributed by atoms with Crippen LogP contribution < -0.4 is 15.2 Å². The Hall–Kier alpha value is -2.32. The van der Waals surface area contributed by atoms with Crippen molar-refractivity contribution in [1.82, 2.24) is 9.55 Å². The third kappa shape index (κ3) is 4.25. The van der Waals surface area contributed by atoms with E-state index in [0.717, 1.165) is 23.4 Å². The molecule has 4 rings (SSSR count). The summed E-state index contributed by atoms with van der Waals surface area (Å²) in [5, 5.41) is 2.50. The number of hydrogen-bond acceptors (Lipinski definition) is 6. The first-order valence-corrected chi connectivity index (χ1v) is 11.9. The molecule has 3 aromatic rings. The van der Waals surface area contributed by atoms with E-state index in [0.29, 0.717) is 41.0 Å². The first-order chi connectivity index (χ1) is 14.4. The van der Waals surface area contributed by atoms with Crippen molar-refractivity contribution in [3.63, 3.8) is 0 Å². The molecular formula is C22H25N3O3S2. The topological polar surface area (TPSA) is 64.4 Å². The lowest BCUT2D eigenvalue weighted by Gasteiger charge is -2.29. The minimum absolute atomic E-state index is 0.00905. The normalized spacial score (nSPS) is 13.5. The zero-order valence-corrected chi connectivity index (χ0v) is 19.0. The minimum Gasteiger partial charge on any atom is -0.490 e. The van der Waals surface area contributed by atoms with Crippen LogP contribution >= 0.6 is 23.1 Å². The fraction of sp³-hybridized carbons (Fsp3) is 0.409. The van der Waals surface area contributed by atoms with E-state index in [2.05, 4.69) is 13.8 Å². The van der Waals surface area contributed by atoms with Gasteiger partial charge in [-0.3, -0.25) is 14.2 Å². The highest BCUT2D eigenvalue weighted by atomic mass is 32.2. The predicted molar refractivity (Wildman–Crippen MR) is 123 cm³/mol. The van der Waals surface area contributed by atoms with Crippen molar-refractivity contribution in [1.29, 1.82) is 0 Å². The number of nitrogens with zero attached hydrogens (tertiary/aromatic N) is 3. The summed E-state index contributed by atoms with van der Waals surface area (Å²) in [5.41, 5.74) is 2.58. The van der Waals surface area contributed by atoms with Crippen LogP contribution in [0.4, 0.5) is 5.69 Å². The Morgan fingerprint density at radius 2 is 2.17 bits per heavy atom. The van der Waals surface area contributed by atoms with Gasteiger partial charge in [0.2, 0.25) is 5.91 Å². The molecule has 0 atom stereocenters. The number of amides is 1. The molecule has 8 heteroatoms. The molecule has 1 aliphatic rings. The summed E-state index contributed by atoms with van der Waals surface area (Å²) in [4.78, 5) is 32.5. The summed E-state index contributed by atoms with van der Waals surface area (Å²) in [6.07, 6.45) is 0.885. The van der Waals surface area contributed by atoms with Crippen molar-refractivity contribution in [3.05, 3.63) is 45.6 Å². The number of aromatic nitrogens is 2.